The Bertz CT molecular complexity index is 1130. The molecule has 8 heteroatoms. The monoisotopic (exact) mass is 469 g/mol. The van der Waals surface area contributed by atoms with Crippen molar-refractivity contribution in [1.82, 2.24) is 4.90 Å². The van der Waals surface area contributed by atoms with Crippen LogP contribution >= 0.6 is 11.8 Å². The number of hydrogen-bond donors (Lipinski definition) is 1. The zero-order valence-corrected chi connectivity index (χ0v) is 19.4. The number of fused-ring (bicyclic) bond motifs is 1. The number of hydrogen-bond acceptors (Lipinski definition) is 6. The molecule has 168 valence electrons. The smallest absolute Gasteiger partial charge is 0.253 e. The molecular weight excluding hydrogens is 442 g/mol. The molecule has 3 heterocycles. The molecule has 2 aromatic rings. The van der Waals surface area contributed by atoms with Crippen molar-refractivity contribution >= 4 is 38.4 Å². The lowest BCUT2D eigenvalue weighted by Gasteiger charge is -2.32. The van der Waals surface area contributed by atoms with E-state index in [-0.39, 0.29) is 28.7 Å². The van der Waals surface area contributed by atoms with Crippen LogP contribution in [0.5, 0.6) is 0 Å². The summed E-state index contributed by atoms with van der Waals surface area (Å²) in [6.07, 6.45) is 3.13. The molecule has 3 aliphatic heterocycles. The molecule has 0 bridgehead atoms. The molecule has 1 amide bonds. The number of nitrogens with zero attached hydrogens (tertiary/aromatic N) is 2. The Kier molecular flexibility index (Phi) is 5.99. The summed E-state index contributed by atoms with van der Waals surface area (Å²) in [4.78, 5) is 19.6. The van der Waals surface area contributed by atoms with Crippen LogP contribution in [-0.4, -0.2) is 60.3 Å². The van der Waals surface area contributed by atoms with Crippen LogP contribution in [0.2, 0.25) is 0 Å². The van der Waals surface area contributed by atoms with Gasteiger partial charge in [-0.25, -0.2) is 8.42 Å². The number of rotatable bonds is 4. The number of sulfone groups is 1. The summed E-state index contributed by atoms with van der Waals surface area (Å²) in [5, 5.41) is 4.02. The Morgan fingerprint density at radius 3 is 2.59 bits per heavy atom. The molecule has 32 heavy (non-hydrogen) atoms. The quantitative estimate of drug-likeness (QED) is 0.742. The zero-order chi connectivity index (χ0) is 22.1. The van der Waals surface area contributed by atoms with Gasteiger partial charge in [0.2, 0.25) is 0 Å². The molecule has 0 saturated carbocycles. The zero-order valence-electron chi connectivity index (χ0n) is 17.8. The molecular formula is C24H27N3O3S2. The van der Waals surface area contributed by atoms with Crippen molar-refractivity contribution in [2.24, 2.45) is 10.9 Å². The van der Waals surface area contributed by atoms with Crippen molar-refractivity contribution in [2.45, 2.75) is 30.6 Å². The SMILES string of the molecule is O=C(c1cccc(NC2=N[C@@H]3CS(=O)(=O)C[C@H]3S2)c1)N1CCC(Cc2ccccc2)CC1. The lowest BCUT2D eigenvalue weighted by Crippen LogP contribution is -2.38. The first-order chi connectivity index (χ1) is 15.4. The second-order valence-corrected chi connectivity index (χ2v) is 12.2. The normalized spacial score (nSPS) is 24.8. The number of carbonyl (C=O) groups is 1. The summed E-state index contributed by atoms with van der Waals surface area (Å²) < 4.78 is 23.5. The van der Waals surface area contributed by atoms with Crippen LogP contribution in [0.3, 0.4) is 0 Å². The van der Waals surface area contributed by atoms with Gasteiger partial charge in [0.25, 0.3) is 5.91 Å². The summed E-state index contributed by atoms with van der Waals surface area (Å²) in [6.45, 7) is 1.57. The first-order valence-corrected chi connectivity index (χ1v) is 13.8. The average Bonchev–Trinajstić information content (AvgIpc) is 3.27. The van der Waals surface area contributed by atoms with Crippen LogP contribution < -0.4 is 5.32 Å². The van der Waals surface area contributed by atoms with Crippen LogP contribution in [0, 0.1) is 5.92 Å². The third-order valence-corrected chi connectivity index (χ3v) is 9.59. The fraction of sp³-hybridized carbons (Fsp3) is 0.417. The van der Waals surface area contributed by atoms with E-state index in [1.807, 2.05) is 35.2 Å². The minimum atomic E-state index is -2.96. The molecule has 0 aromatic heterocycles. The standard InChI is InChI=1S/C24H27N3O3S2/c28-23(27-11-9-18(10-12-27)13-17-5-2-1-3-6-17)19-7-4-8-20(14-19)25-24-26-21-15-32(29,30)16-22(21)31-24/h1-8,14,18,21-22H,9-13,15-16H2,(H,25,26)/t21-,22-/m1/s1. The van der Waals surface area contributed by atoms with Gasteiger partial charge >= 0.3 is 0 Å². The third kappa shape index (κ3) is 4.86. The summed E-state index contributed by atoms with van der Waals surface area (Å²) >= 11 is 1.49. The van der Waals surface area contributed by atoms with Gasteiger partial charge in [0.15, 0.2) is 15.0 Å². The van der Waals surface area contributed by atoms with Crippen molar-refractivity contribution in [3.63, 3.8) is 0 Å². The Balaban J connectivity index is 1.17. The maximum absolute atomic E-state index is 13.1. The molecule has 2 atom stereocenters. The highest BCUT2D eigenvalue weighted by Gasteiger charge is 2.42. The van der Waals surface area contributed by atoms with Crippen molar-refractivity contribution in [2.75, 3.05) is 29.9 Å². The number of piperidine rings is 1. The fourth-order valence-corrected chi connectivity index (χ4v) is 8.42. The van der Waals surface area contributed by atoms with Gasteiger partial charge in [-0.1, -0.05) is 48.2 Å². The van der Waals surface area contributed by atoms with Gasteiger partial charge in [0, 0.05) is 29.6 Å². The Morgan fingerprint density at radius 2 is 1.84 bits per heavy atom. The Hall–Kier alpha value is -2.32. The predicted octanol–water partition coefficient (Wildman–Crippen LogP) is 3.46. The van der Waals surface area contributed by atoms with Crippen molar-refractivity contribution in [1.29, 1.82) is 0 Å². The van der Waals surface area contributed by atoms with E-state index < -0.39 is 9.84 Å². The van der Waals surface area contributed by atoms with Crippen LogP contribution in [-0.2, 0) is 16.3 Å². The molecule has 0 radical (unpaired) electrons. The van der Waals surface area contributed by atoms with Crippen LogP contribution in [0.15, 0.2) is 59.6 Å². The first-order valence-electron chi connectivity index (χ1n) is 11.1. The summed E-state index contributed by atoms with van der Waals surface area (Å²) in [5.74, 6) is 1.01. The largest absolute Gasteiger partial charge is 0.339 e. The number of likely N-dealkylation sites (tertiary alicyclic amines) is 1. The number of amidine groups is 1. The van der Waals surface area contributed by atoms with Crippen LogP contribution in [0.25, 0.3) is 0 Å². The molecule has 2 aromatic carbocycles. The lowest BCUT2D eigenvalue weighted by molar-refractivity contribution is 0.0690. The highest BCUT2D eigenvalue weighted by Crippen LogP contribution is 2.34. The number of nitrogens with one attached hydrogen (secondary N) is 1. The van der Waals surface area contributed by atoms with E-state index in [0.717, 1.165) is 43.2 Å². The second-order valence-electron chi connectivity index (χ2n) is 8.87. The Morgan fingerprint density at radius 1 is 1.06 bits per heavy atom. The van der Waals surface area contributed by atoms with Crippen LogP contribution in [0.1, 0.15) is 28.8 Å². The Labute approximate surface area is 193 Å². The van der Waals surface area contributed by atoms with Gasteiger partial charge < -0.3 is 10.2 Å². The topological polar surface area (TPSA) is 78.8 Å². The minimum absolute atomic E-state index is 0.00416. The van der Waals surface area contributed by atoms with E-state index in [1.165, 1.54) is 17.3 Å². The predicted molar refractivity (Wildman–Crippen MR) is 130 cm³/mol. The van der Waals surface area contributed by atoms with Gasteiger partial charge in [-0.3, -0.25) is 9.79 Å². The molecule has 1 N–H and O–H groups in total. The number of anilines is 1. The van der Waals surface area contributed by atoms with E-state index in [0.29, 0.717) is 11.5 Å². The van der Waals surface area contributed by atoms with Crippen molar-refractivity contribution in [3.8, 4) is 0 Å². The van der Waals surface area contributed by atoms with Gasteiger partial charge in [-0.2, -0.15) is 0 Å². The van der Waals surface area contributed by atoms with Gasteiger partial charge in [0.1, 0.15) is 0 Å². The van der Waals surface area contributed by atoms with E-state index in [9.17, 15) is 13.2 Å². The number of benzene rings is 2. The van der Waals surface area contributed by atoms with E-state index in [4.69, 9.17) is 0 Å². The highest BCUT2D eigenvalue weighted by molar-refractivity contribution is 8.15. The maximum Gasteiger partial charge on any atom is 0.253 e. The number of amides is 1. The van der Waals surface area contributed by atoms with Gasteiger partial charge in [0.05, 0.1) is 17.5 Å². The summed E-state index contributed by atoms with van der Waals surface area (Å²) in [5.41, 5.74) is 2.84. The molecule has 0 spiro atoms. The summed E-state index contributed by atoms with van der Waals surface area (Å²) in [7, 11) is -2.96. The van der Waals surface area contributed by atoms with E-state index in [2.05, 4.69) is 34.6 Å². The van der Waals surface area contributed by atoms with E-state index >= 15 is 0 Å². The van der Waals surface area contributed by atoms with Gasteiger partial charge in [-0.15, -0.1) is 0 Å². The minimum Gasteiger partial charge on any atom is -0.339 e. The average molecular weight is 470 g/mol. The first kappa shape index (κ1) is 21.5. The van der Waals surface area contributed by atoms with Crippen molar-refractivity contribution < 1.29 is 13.2 Å². The van der Waals surface area contributed by atoms with Crippen LogP contribution in [0.4, 0.5) is 5.69 Å². The number of thioether (sulfide) groups is 1. The van der Waals surface area contributed by atoms with Gasteiger partial charge in [-0.05, 0) is 48.9 Å². The third-order valence-electron chi connectivity index (χ3n) is 6.45. The number of carbonyl (C=O) groups excluding carboxylic acids is 1. The highest BCUT2D eigenvalue weighted by atomic mass is 32.2. The fourth-order valence-electron chi connectivity index (χ4n) is 4.74. The van der Waals surface area contributed by atoms with Crippen molar-refractivity contribution in [3.05, 3.63) is 65.7 Å². The molecule has 5 rings (SSSR count). The molecule has 3 aliphatic rings. The molecule has 2 fully saturated rings. The summed E-state index contributed by atoms with van der Waals surface area (Å²) in [6, 6.07) is 17.9. The molecule has 0 aliphatic carbocycles. The molecule has 0 unspecified atom stereocenters. The maximum atomic E-state index is 13.1. The molecule has 6 nitrogen and oxygen atoms in total. The van der Waals surface area contributed by atoms with E-state index in [1.54, 1.807) is 0 Å². The second kappa shape index (κ2) is 8.90. The lowest BCUT2D eigenvalue weighted by atomic mass is 9.90. The number of aliphatic imine (C=N–C) groups is 1. The molecule has 2 saturated heterocycles.